The molecule has 2 aliphatic heterocycles. The Hall–Kier alpha value is -2.72. The SMILES string of the molecule is C[C@H]1[C@H]([Si](C)(C)O)[C@@H](CCn2cc(CCO)nn2)O[C@]12C(=O)N(Cc1cccc(I)c1)c1ccc([N+](=O)[O-])cc12. The number of nitro benzene ring substituents is 1. The van der Waals surface area contributed by atoms with Crippen molar-refractivity contribution in [3.63, 3.8) is 0 Å². The molecule has 1 aromatic heterocycles. The molecule has 4 atom stereocenters. The third kappa shape index (κ3) is 5.09. The molecule has 1 spiro atoms. The Balaban J connectivity index is 1.55. The molecule has 0 bridgehead atoms. The highest BCUT2D eigenvalue weighted by Gasteiger charge is 2.66. The molecule has 1 amide bonds. The number of hydrogen-bond acceptors (Lipinski definition) is 8. The van der Waals surface area contributed by atoms with Crippen LogP contribution in [-0.2, 0) is 34.6 Å². The summed E-state index contributed by atoms with van der Waals surface area (Å²) in [5, 5.41) is 29.2. The molecule has 212 valence electrons. The molecule has 0 aliphatic carbocycles. The van der Waals surface area contributed by atoms with Crippen molar-refractivity contribution in [1.82, 2.24) is 15.0 Å². The van der Waals surface area contributed by atoms with E-state index in [-0.39, 0.29) is 23.7 Å². The Morgan fingerprint density at radius 3 is 2.70 bits per heavy atom. The number of aliphatic hydroxyl groups excluding tert-OH is 1. The first-order valence-electron chi connectivity index (χ1n) is 13.2. The molecular weight excluding hydrogens is 645 g/mol. The predicted octanol–water partition coefficient (Wildman–Crippen LogP) is 3.76. The number of carbonyl (C=O) groups excluding carboxylic acids is 1. The molecule has 2 aromatic carbocycles. The number of aryl methyl sites for hydroxylation is 1. The van der Waals surface area contributed by atoms with Crippen LogP contribution in [0.3, 0.4) is 0 Å². The van der Waals surface area contributed by atoms with Crippen molar-refractivity contribution in [2.75, 3.05) is 11.5 Å². The topological polar surface area (TPSA) is 144 Å². The van der Waals surface area contributed by atoms with Crippen molar-refractivity contribution in [3.8, 4) is 0 Å². The second-order valence-corrected chi connectivity index (χ2v) is 16.3. The molecule has 11 nitrogen and oxygen atoms in total. The van der Waals surface area contributed by atoms with E-state index in [1.165, 1.54) is 12.1 Å². The molecule has 0 unspecified atom stereocenters. The number of aliphatic hydroxyl groups is 1. The molecule has 0 saturated carbocycles. The maximum absolute atomic E-state index is 14.4. The van der Waals surface area contributed by atoms with Gasteiger partial charge in [0.05, 0.1) is 29.0 Å². The van der Waals surface area contributed by atoms with Crippen molar-refractivity contribution in [3.05, 3.63) is 79.2 Å². The number of fused-ring (bicyclic) bond motifs is 2. The fourth-order valence-electron chi connectivity index (χ4n) is 6.36. The third-order valence-corrected chi connectivity index (χ3v) is 11.2. The van der Waals surface area contributed by atoms with Gasteiger partial charge in [-0.15, -0.1) is 5.10 Å². The van der Waals surface area contributed by atoms with Crippen LogP contribution < -0.4 is 4.90 Å². The lowest BCUT2D eigenvalue weighted by atomic mass is 9.82. The average molecular weight is 678 g/mol. The molecule has 1 saturated heterocycles. The average Bonchev–Trinajstić information content (AvgIpc) is 3.53. The molecule has 0 radical (unpaired) electrons. The minimum atomic E-state index is -2.89. The smallest absolute Gasteiger partial charge is 0.269 e. The number of nitrogens with zero attached hydrogens (tertiary/aromatic N) is 5. The highest BCUT2D eigenvalue weighted by molar-refractivity contribution is 14.1. The molecule has 3 heterocycles. The van der Waals surface area contributed by atoms with Gasteiger partial charge in [-0.2, -0.15) is 0 Å². The first kappa shape index (κ1) is 28.8. The Morgan fingerprint density at radius 1 is 1.25 bits per heavy atom. The Bertz CT molecular complexity index is 1440. The normalized spacial score (nSPS) is 24.2. The summed E-state index contributed by atoms with van der Waals surface area (Å²) in [5.74, 6) is -0.704. The maximum atomic E-state index is 14.4. The first-order valence-corrected chi connectivity index (χ1v) is 17.3. The van der Waals surface area contributed by atoms with Gasteiger partial charge in [-0.1, -0.05) is 24.3 Å². The molecule has 1 fully saturated rings. The summed E-state index contributed by atoms with van der Waals surface area (Å²) in [7, 11) is -2.89. The number of nitro groups is 1. The second-order valence-electron chi connectivity index (χ2n) is 11.1. The minimum Gasteiger partial charge on any atom is -0.432 e. The highest BCUT2D eigenvalue weighted by Crippen LogP contribution is 2.60. The van der Waals surface area contributed by atoms with E-state index in [2.05, 4.69) is 32.9 Å². The summed E-state index contributed by atoms with van der Waals surface area (Å²) in [4.78, 5) is 38.9. The second kappa shape index (κ2) is 10.9. The summed E-state index contributed by atoms with van der Waals surface area (Å²) >= 11 is 2.23. The number of hydrogen-bond donors (Lipinski definition) is 2. The number of rotatable bonds is 9. The van der Waals surface area contributed by atoms with Gasteiger partial charge in [0, 0.05) is 58.5 Å². The van der Waals surface area contributed by atoms with Crippen LogP contribution in [0.1, 0.15) is 30.2 Å². The number of amides is 1. The highest BCUT2D eigenvalue weighted by atomic mass is 127. The summed E-state index contributed by atoms with van der Waals surface area (Å²) in [5.41, 5.74) is 0.771. The van der Waals surface area contributed by atoms with E-state index in [0.717, 1.165) is 9.13 Å². The number of halogens is 1. The van der Waals surface area contributed by atoms with Gasteiger partial charge in [-0.25, -0.2) is 0 Å². The monoisotopic (exact) mass is 677 g/mol. The standard InChI is InChI=1S/C27H32IN5O6Si/c1-17-25(40(2,3)38)24(9-11-31-16-20(10-12-34)29-30-31)39-27(17)22-14-21(33(36)37)7-8-23(22)32(26(27)35)15-18-5-4-6-19(28)13-18/h4-8,13-14,16-17,24-25,34,38H,9-12,15H2,1-3H3/t17-,24+,25-,27+/m0/s1. The van der Waals surface area contributed by atoms with Crippen LogP contribution in [-0.4, -0.2) is 56.8 Å². The summed E-state index contributed by atoms with van der Waals surface area (Å²) in [6, 6.07) is 12.4. The van der Waals surface area contributed by atoms with Gasteiger partial charge < -0.3 is 19.5 Å². The van der Waals surface area contributed by atoms with Gasteiger partial charge in [0.25, 0.3) is 11.6 Å². The van der Waals surface area contributed by atoms with Gasteiger partial charge in [0.2, 0.25) is 0 Å². The lowest BCUT2D eigenvalue weighted by Gasteiger charge is -2.32. The quantitative estimate of drug-likeness (QED) is 0.151. The van der Waals surface area contributed by atoms with E-state index in [4.69, 9.17) is 4.74 Å². The number of aromatic nitrogens is 3. The molecule has 2 N–H and O–H groups in total. The van der Waals surface area contributed by atoms with Gasteiger partial charge >= 0.3 is 0 Å². The van der Waals surface area contributed by atoms with E-state index in [1.54, 1.807) is 21.8 Å². The zero-order chi connectivity index (χ0) is 28.8. The van der Waals surface area contributed by atoms with Crippen LogP contribution in [0, 0.1) is 19.6 Å². The third-order valence-electron chi connectivity index (χ3n) is 8.00. The van der Waals surface area contributed by atoms with E-state index in [9.17, 15) is 24.8 Å². The molecule has 40 heavy (non-hydrogen) atoms. The number of non-ortho nitro benzene ring substituents is 1. The molecule has 13 heteroatoms. The van der Waals surface area contributed by atoms with E-state index < -0.39 is 30.9 Å². The fraction of sp³-hybridized carbons (Fsp3) is 0.444. The lowest BCUT2D eigenvalue weighted by Crippen LogP contribution is -2.46. The van der Waals surface area contributed by atoms with Crippen LogP contribution in [0.5, 0.6) is 0 Å². The molecular formula is C27H32IN5O6Si. The van der Waals surface area contributed by atoms with Crippen LogP contribution in [0.4, 0.5) is 11.4 Å². The van der Waals surface area contributed by atoms with Crippen LogP contribution in [0.25, 0.3) is 0 Å². The number of benzene rings is 2. The minimum absolute atomic E-state index is 0.0247. The Labute approximate surface area is 246 Å². The molecule has 2 aliphatic rings. The van der Waals surface area contributed by atoms with Gasteiger partial charge in [-0.3, -0.25) is 19.6 Å². The van der Waals surface area contributed by atoms with Gasteiger partial charge in [-0.05, 0) is 65.9 Å². The zero-order valence-corrected chi connectivity index (χ0v) is 25.7. The van der Waals surface area contributed by atoms with Crippen molar-refractivity contribution in [1.29, 1.82) is 0 Å². The molecule has 3 aromatic rings. The maximum Gasteiger partial charge on any atom is 0.269 e. The zero-order valence-electron chi connectivity index (χ0n) is 22.5. The first-order chi connectivity index (χ1) is 19.0. The number of ether oxygens (including phenoxy) is 1. The van der Waals surface area contributed by atoms with Crippen molar-refractivity contribution >= 4 is 48.2 Å². The largest absolute Gasteiger partial charge is 0.432 e. The Kier molecular flexibility index (Phi) is 7.87. The van der Waals surface area contributed by atoms with Crippen molar-refractivity contribution < 1.29 is 24.4 Å². The summed E-state index contributed by atoms with van der Waals surface area (Å²) in [6.07, 6.45) is 2.15. The molecule has 5 rings (SSSR count). The lowest BCUT2D eigenvalue weighted by molar-refractivity contribution is -0.385. The number of anilines is 1. The van der Waals surface area contributed by atoms with Crippen LogP contribution in [0.15, 0.2) is 48.7 Å². The predicted molar refractivity (Wildman–Crippen MR) is 158 cm³/mol. The van der Waals surface area contributed by atoms with Gasteiger partial charge in [0.1, 0.15) is 0 Å². The van der Waals surface area contributed by atoms with Crippen LogP contribution >= 0.6 is 22.6 Å². The fourth-order valence-corrected chi connectivity index (χ4v) is 9.57. The van der Waals surface area contributed by atoms with Gasteiger partial charge in [0.15, 0.2) is 13.9 Å². The van der Waals surface area contributed by atoms with E-state index >= 15 is 0 Å². The summed E-state index contributed by atoms with van der Waals surface area (Å²) in [6.45, 7) is 6.31. The van der Waals surface area contributed by atoms with E-state index in [0.29, 0.717) is 42.9 Å². The van der Waals surface area contributed by atoms with Crippen LogP contribution in [0.2, 0.25) is 18.6 Å². The van der Waals surface area contributed by atoms with E-state index in [1.807, 2.05) is 44.3 Å². The summed E-state index contributed by atoms with van der Waals surface area (Å²) < 4.78 is 9.47. The van der Waals surface area contributed by atoms with Crippen molar-refractivity contribution in [2.45, 2.75) is 63.2 Å². The number of carbonyl (C=O) groups is 1. The Morgan fingerprint density at radius 2 is 2.02 bits per heavy atom. The van der Waals surface area contributed by atoms with Crippen molar-refractivity contribution in [2.24, 2.45) is 5.92 Å².